The van der Waals surface area contributed by atoms with Gasteiger partial charge in [0, 0.05) is 0 Å². The van der Waals surface area contributed by atoms with E-state index in [9.17, 15) is 4.79 Å². The third kappa shape index (κ3) is 1.40. The predicted octanol–water partition coefficient (Wildman–Crippen LogP) is 2.26. The zero-order valence-electron chi connectivity index (χ0n) is 7.03. The molecule has 3 aliphatic rings. The van der Waals surface area contributed by atoms with Crippen LogP contribution in [-0.2, 0) is 4.74 Å². The second-order valence-electron chi connectivity index (χ2n) is 3.94. The van der Waals surface area contributed by atoms with Gasteiger partial charge in [0.05, 0.1) is 0 Å². The standard InChI is InChI=1S/C9H14O3/c10-9(11)12-8-5-6-1-3-7(8)4-2-6/h6-8H,1-5H2,(H,10,11). The van der Waals surface area contributed by atoms with Crippen molar-refractivity contribution in [2.24, 2.45) is 11.8 Å². The van der Waals surface area contributed by atoms with E-state index in [-0.39, 0.29) is 6.10 Å². The molecule has 0 amide bonds. The molecule has 2 bridgehead atoms. The van der Waals surface area contributed by atoms with Crippen molar-refractivity contribution in [2.45, 2.75) is 38.2 Å². The third-order valence-electron chi connectivity index (χ3n) is 3.24. The Hall–Kier alpha value is -0.730. The minimum Gasteiger partial charge on any atom is -0.450 e. The number of carbonyl (C=O) groups is 1. The van der Waals surface area contributed by atoms with Crippen LogP contribution < -0.4 is 0 Å². The summed E-state index contributed by atoms with van der Waals surface area (Å²) in [4.78, 5) is 10.3. The van der Waals surface area contributed by atoms with E-state index in [0.29, 0.717) is 5.92 Å². The van der Waals surface area contributed by atoms with E-state index in [1.54, 1.807) is 0 Å². The molecule has 68 valence electrons. The summed E-state index contributed by atoms with van der Waals surface area (Å²) >= 11 is 0. The summed E-state index contributed by atoms with van der Waals surface area (Å²) in [6.45, 7) is 0. The average molecular weight is 170 g/mol. The van der Waals surface area contributed by atoms with Gasteiger partial charge in [-0.15, -0.1) is 0 Å². The summed E-state index contributed by atoms with van der Waals surface area (Å²) in [7, 11) is 0. The minimum absolute atomic E-state index is 0.00926. The van der Waals surface area contributed by atoms with Crippen molar-refractivity contribution in [2.75, 3.05) is 0 Å². The van der Waals surface area contributed by atoms with Crippen LogP contribution >= 0.6 is 0 Å². The van der Waals surface area contributed by atoms with Gasteiger partial charge in [-0.3, -0.25) is 0 Å². The summed E-state index contributed by atoms with van der Waals surface area (Å²) in [6, 6.07) is 0. The Morgan fingerprint density at radius 2 is 1.92 bits per heavy atom. The number of fused-ring (bicyclic) bond motifs is 3. The summed E-state index contributed by atoms with van der Waals surface area (Å²) < 4.78 is 4.84. The molecule has 12 heavy (non-hydrogen) atoms. The highest BCUT2D eigenvalue weighted by molar-refractivity contribution is 5.57. The van der Waals surface area contributed by atoms with E-state index in [1.807, 2.05) is 0 Å². The number of carboxylic acid groups (broad SMARTS) is 1. The van der Waals surface area contributed by atoms with Crippen LogP contribution in [-0.4, -0.2) is 17.4 Å². The molecule has 3 nitrogen and oxygen atoms in total. The molecule has 1 atom stereocenters. The molecular weight excluding hydrogens is 156 g/mol. The highest BCUT2D eigenvalue weighted by Crippen LogP contribution is 2.42. The van der Waals surface area contributed by atoms with Gasteiger partial charge < -0.3 is 9.84 Å². The predicted molar refractivity (Wildman–Crippen MR) is 43.0 cm³/mol. The van der Waals surface area contributed by atoms with E-state index in [0.717, 1.165) is 12.3 Å². The van der Waals surface area contributed by atoms with Crippen LogP contribution in [0.1, 0.15) is 32.1 Å². The quantitative estimate of drug-likeness (QED) is 0.614. The zero-order valence-corrected chi connectivity index (χ0v) is 7.03. The molecule has 0 radical (unpaired) electrons. The van der Waals surface area contributed by atoms with E-state index in [2.05, 4.69) is 0 Å². The van der Waals surface area contributed by atoms with Gasteiger partial charge in [-0.1, -0.05) is 0 Å². The van der Waals surface area contributed by atoms with Crippen LogP contribution in [0.3, 0.4) is 0 Å². The zero-order chi connectivity index (χ0) is 8.55. The van der Waals surface area contributed by atoms with Gasteiger partial charge in [-0.05, 0) is 43.9 Å². The lowest BCUT2D eigenvalue weighted by atomic mass is 9.69. The van der Waals surface area contributed by atoms with E-state index in [1.165, 1.54) is 25.7 Å². The highest BCUT2D eigenvalue weighted by atomic mass is 16.7. The van der Waals surface area contributed by atoms with Gasteiger partial charge in [0.2, 0.25) is 0 Å². The molecule has 1 unspecified atom stereocenters. The lowest BCUT2D eigenvalue weighted by Gasteiger charge is -2.40. The molecule has 0 spiro atoms. The molecule has 3 heteroatoms. The third-order valence-corrected chi connectivity index (χ3v) is 3.24. The van der Waals surface area contributed by atoms with Crippen LogP contribution in [0.25, 0.3) is 0 Å². The molecular formula is C9H14O3. The summed E-state index contributed by atoms with van der Waals surface area (Å²) in [5.74, 6) is 1.26. The molecule has 0 aromatic carbocycles. The van der Waals surface area contributed by atoms with Crippen molar-refractivity contribution < 1.29 is 14.6 Å². The van der Waals surface area contributed by atoms with Gasteiger partial charge in [-0.2, -0.15) is 0 Å². The molecule has 3 rings (SSSR count). The molecule has 0 heterocycles. The Kier molecular flexibility index (Phi) is 1.95. The van der Waals surface area contributed by atoms with Crippen LogP contribution in [0, 0.1) is 11.8 Å². The summed E-state index contributed by atoms with van der Waals surface area (Å²) in [5.41, 5.74) is 0. The number of hydrogen-bond donors (Lipinski definition) is 1. The molecule has 0 aromatic heterocycles. The Morgan fingerprint density at radius 1 is 1.25 bits per heavy atom. The average Bonchev–Trinajstić information content (AvgIpc) is 2.05. The fourth-order valence-corrected chi connectivity index (χ4v) is 2.59. The van der Waals surface area contributed by atoms with Gasteiger partial charge in [0.1, 0.15) is 6.10 Å². The van der Waals surface area contributed by atoms with Crippen LogP contribution in [0.2, 0.25) is 0 Å². The second-order valence-corrected chi connectivity index (χ2v) is 3.94. The monoisotopic (exact) mass is 170 g/mol. The fourth-order valence-electron chi connectivity index (χ4n) is 2.59. The van der Waals surface area contributed by atoms with Crippen molar-refractivity contribution in [1.29, 1.82) is 0 Å². The largest absolute Gasteiger partial charge is 0.506 e. The molecule has 0 saturated heterocycles. The SMILES string of the molecule is O=C(O)OC1CC2CCC1CC2. The molecule has 0 aliphatic heterocycles. The normalized spacial score (nSPS) is 39.5. The molecule has 0 aromatic rings. The van der Waals surface area contributed by atoms with Crippen LogP contribution in [0.15, 0.2) is 0 Å². The van der Waals surface area contributed by atoms with Crippen molar-refractivity contribution in [3.63, 3.8) is 0 Å². The smallest absolute Gasteiger partial charge is 0.450 e. The number of rotatable bonds is 1. The van der Waals surface area contributed by atoms with Crippen molar-refractivity contribution in [3.05, 3.63) is 0 Å². The van der Waals surface area contributed by atoms with Crippen molar-refractivity contribution in [3.8, 4) is 0 Å². The van der Waals surface area contributed by atoms with E-state index in [4.69, 9.17) is 9.84 Å². The lowest BCUT2D eigenvalue weighted by Crippen LogP contribution is -2.38. The lowest BCUT2D eigenvalue weighted by molar-refractivity contribution is -0.0326. The van der Waals surface area contributed by atoms with E-state index < -0.39 is 6.16 Å². The van der Waals surface area contributed by atoms with Crippen LogP contribution in [0.5, 0.6) is 0 Å². The van der Waals surface area contributed by atoms with Gasteiger partial charge >= 0.3 is 6.16 Å². The second kappa shape index (κ2) is 2.96. The number of hydrogen-bond acceptors (Lipinski definition) is 2. The van der Waals surface area contributed by atoms with Crippen LogP contribution in [0.4, 0.5) is 4.79 Å². The maximum atomic E-state index is 10.3. The van der Waals surface area contributed by atoms with Gasteiger partial charge in [0.25, 0.3) is 0 Å². The first-order chi connectivity index (χ1) is 5.75. The Morgan fingerprint density at radius 3 is 2.33 bits per heavy atom. The first kappa shape index (κ1) is 7.90. The van der Waals surface area contributed by atoms with Gasteiger partial charge in [0.15, 0.2) is 0 Å². The molecule has 3 saturated carbocycles. The maximum Gasteiger partial charge on any atom is 0.506 e. The first-order valence-electron chi connectivity index (χ1n) is 4.65. The topological polar surface area (TPSA) is 46.5 Å². The maximum absolute atomic E-state index is 10.3. The van der Waals surface area contributed by atoms with Gasteiger partial charge in [-0.25, -0.2) is 4.79 Å². The molecule has 1 N–H and O–H groups in total. The highest BCUT2D eigenvalue weighted by Gasteiger charge is 2.37. The Balaban J connectivity index is 1.95. The Labute approximate surface area is 71.7 Å². The minimum atomic E-state index is -1.10. The van der Waals surface area contributed by atoms with Crippen molar-refractivity contribution in [1.82, 2.24) is 0 Å². The Bertz CT molecular complexity index is 182. The van der Waals surface area contributed by atoms with E-state index >= 15 is 0 Å². The summed E-state index contributed by atoms with van der Waals surface area (Å²) in [6.07, 6.45) is 4.78. The molecule has 3 aliphatic carbocycles. The molecule has 3 fully saturated rings. The van der Waals surface area contributed by atoms with Crippen molar-refractivity contribution >= 4 is 6.16 Å². The fraction of sp³-hybridized carbons (Fsp3) is 0.889. The summed E-state index contributed by atoms with van der Waals surface area (Å²) in [5, 5.41) is 8.47. The number of ether oxygens (including phenoxy) is 1. The first-order valence-corrected chi connectivity index (χ1v) is 4.65.